The Hall–Kier alpha value is -1.51. The molecule has 6 nitrogen and oxygen atoms in total. The number of carbonyl (C=O) groups is 2. The van der Waals surface area contributed by atoms with Crippen LogP contribution in [-0.2, 0) is 9.53 Å². The molecule has 0 aliphatic rings. The Morgan fingerprint density at radius 3 is 2.28 bits per heavy atom. The molecule has 0 aromatic rings. The molecule has 0 rings (SSSR count). The number of urea groups is 1. The number of ether oxygens (including phenoxy) is 1. The minimum absolute atomic E-state index is 0.0891. The first-order valence-electron chi connectivity index (χ1n) is 5.10. The molecule has 0 radical (unpaired) electrons. The van der Waals surface area contributed by atoms with E-state index in [2.05, 4.69) is 15.4 Å². The van der Waals surface area contributed by atoms with Crippen LogP contribution < -0.4 is 10.6 Å². The Kier molecular flexibility index (Phi) is 7.10. The maximum Gasteiger partial charge on any atom is 0.414 e. The first-order valence-corrected chi connectivity index (χ1v) is 5.10. The second-order valence-corrected chi connectivity index (χ2v) is 3.38. The van der Waals surface area contributed by atoms with Gasteiger partial charge in [0.05, 0.1) is 6.42 Å². The van der Waals surface area contributed by atoms with Crippen LogP contribution in [0.4, 0.5) is 18.0 Å². The van der Waals surface area contributed by atoms with Crippen LogP contribution in [0, 0.1) is 0 Å². The summed E-state index contributed by atoms with van der Waals surface area (Å²) in [6.07, 6.45) is -7.07. The Morgan fingerprint density at radius 2 is 1.83 bits per heavy atom. The number of carbonyl (C=O) groups excluding carboxylic acids is 1. The molecule has 1 unspecified atom stereocenters. The second-order valence-electron chi connectivity index (χ2n) is 3.38. The monoisotopic (exact) mass is 272 g/mol. The summed E-state index contributed by atoms with van der Waals surface area (Å²) in [4.78, 5) is 21.1. The number of methoxy groups -OCH3 is 1. The van der Waals surface area contributed by atoms with E-state index < -0.39 is 30.7 Å². The van der Waals surface area contributed by atoms with Gasteiger partial charge in [0, 0.05) is 20.2 Å². The van der Waals surface area contributed by atoms with Crippen LogP contribution in [0.5, 0.6) is 0 Å². The fourth-order valence-electron chi connectivity index (χ4n) is 1.08. The average molecular weight is 272 g/mol. The van der Waals surface area contributed by atoms with Gasteiger partial charge >= 0.3 is 18.2 Å². The van der Waals surface area contributed by atoms with Gasteiger partial charge in [0.15, 0.2) is 6.10 Å². The number of aliphatic carboxylic acids is 1. The van der Waals surface area contributed by atoms with Crippen molar-refractivity contribution in [3.63, 3.8) is 0 Å². The van der Waals surface area contributed by atoms with Crippen molar-refractivity contribution in [1.82, 2.24) is 10.6 Å². The Labute approximate surface area is 101 Å². The van der Waals surface area contributed by atoms with Crippen molar-refractivity contribution in [1.29, 1.82) is 0 Å². The molecule has 9 heteroatoms. The van der Waals surface area contributed by atoms with Gasteiger partial charge in [-0.05, 0) is 6.42 Å². The lowest BCUT2D eigenvalue weighted by Gasteiger charge is -2.18. The van der Waals surface area contributed by atoms with Crippen molar-refractivity contribution in [3.05, 3.63) is 0 Å². The molecular formula is C9H15F3N2O4. The summed E-state index contributed by atoms with van der Waals surface area (Å²) in [5.41, 5.74) is 0. The van der Waals surface area contributed by atoms with Crippen LogP contribution in [0.3, 0.4) is 0 Å². The van der Waals surface area contributed by atoms with E-state index in [-0.39, 0.29) is 19.5 Å². The molecule has 106 valence electrons. The molecule has 0 spiro atoms. The molecule has 3 N–H and O–H groups in total. The molecule has 0 heterocycles. The number of halogens is 3. The van der Waals surface area contributed by atoms with Gasteiger partial charge in [0.25, 0.3) is 0 Å². The van der Waals surface area contributed by atoms with Gasteiger partial charge in [-0.25, -0.2) is 4.79 Å². The maximum absolute atomic E-state index is 12.2. The van der Waals surface area contributed by atoms with Gasteiger partial charge in [-0.2, -0.15) is 13.2 Å². The number of alkyl halides is 3. The van der Waals surface area contributed by atoms with Crippen molar-refractivity contribution < 1.29 is 32.6 Å². The van der Waals surface area contributed by atoms with E-state index in [4.69, 9.17) is 5.11 Å². The number of carboxylic acids is 1. The molecule has 2 amide bonds. The minimum Gasteiger partial charge on any atom is -0.481 e. The number of hydrogen-bond donors (Lipinski definition) is 3. The van der Waals surface area contributed by atoms with Crippen molar-refractivity contribution in [2.45, 2.75) is 25.1 Å². The molecule has 0 bridgehead atoms. The lowest BCUT2D eigenvalue weighted by atomic mass is 10.2. The highest BCUT2D eigenvalue weighted by Gasteiger charge is 2.39. The molecular weight excluding hydrogens is 257 g/mol. The van der Waals surface area contributed by atoms with Crippen LogP contribution in [0.15, 0.2) is 0 Å². The summed E-state index contributed by atoms with van der Waals surface area (Å²) in [5.74, 6) is -1.08. The highest BCUT2D eigenvalue weighted by molar-refractivity contribution is 5.74. The first-order chi connectivity index (χ1) is 8.27. The topological polar surface area (TPSA) is 87.7 Å². The molecule has 0 saturated heterocycles. The van der Waals surface area contributed by atoms with Gasteiger partial charge in [0.1, 0.15) is 0 Å². The van der Waals surface area contributed by atoms with Gasteiger partial charge in [-0.15, -0.1) is 0 Å². The zero-order valence-corrected chi connectivity index (χ0v) is 9.71. The fourth-order valence-corrected chi connectivity index (χ4v) is 1.08. The molecule has 0 fully saturated rings. The molecule has 0 aliphatic heterocycles. The van der Waals surface area contributed by atoms with E-state index >= 15 is 0 Å². The third-order valence-electron chi connectivity index (χ3n) is 1.97. The van der Waals surface area contributed by atoms with Crippen molar-refractivity contribution in [2.24, 2.45) is 0 Å². The van der Waals surface area contributed by atoms with Crippen LogP contribution in [-0.4, -0.2) is 49.6 Å². The van der Waals surface area contributed by atoms with Crippen LogP contribution in [0.2, 0.25) is 0 Å². The van der Waals surface area contributed by atoms with E-state index in [0.717, 1.165) is 7.11 Å². The van der Waals surface area contributed by atoms with Crippen LogP contribution >= 0.6 is 0 Å². The molecule has 0 saturated carbocycles. The van der Waals surface area contributed by atoms with Crippen molar-refractivity contribution >= 4 is 12.0 Å². The Bertz CT molecular complexity index is 283. The summed E-state index contributed by atoms with van der Waals surface area (Å²) in [7, 11) is 0.936. The summed E-state index contributed by atoms with van der Waals surface area (Å²) in [5, 5.41) is 12.6. The highest BCUT2D eigenvalue weighted by atomic mass is 19.4. The van der Waals surface area contributed by atoms with E-state index in [9.17, 15) is 22.8 Å². The molecule has 0 aromatic heterocycles. The van der Waals surface area contributed by atoms with E-state index in [1.54, 1.807) is 0 Å². The maximum atomic E-state index is 12.2. The standard InChI is InChI=1S/C9H15F3N2O4/c1-18-6(9(10,11)12)2-4-13-8(17)14-5-3-7(15)16/h6H,2-5H2,1H3,(H,15,16)(H2,13,14,17). The summed E-state index contributed by atoms with van der Waals surface area (Å²) in [6, 6.07) is -0.715. The largest absolute Gasteiger partial charge is 0.481 e. The molecule has 1 atom stereocenters. The van der Waals surface area contributed by atoms with Crippen LogP contribution in [0.25, 0.3) is 0 Å². The summed E-state index contributed by atoms with van der Waals surface area (Å²) in [6.45, 7) is -0.314. The zero-order valence-electron chi connectivity index (χ0n) is 9.71. The highest BCUT2D eigenvalue weighted by Crippen LogP contribution is 2.24. The van der Waals surface area contributed by atoms with Gasteiger partial charge < -0.3 is 20.5 Å². The summed E-state index contributed by atoms with van der Waals surface area (Å²) < 4.78 is 40.9. The third kappa shape index (κ3) is 7.71. The zero-order chi connectivity index (χ0) is 14.2. The van der Waals surface area contributed by atoms with E-state index in [1.165, 1.54) is 0 Å². The lowest BCUT2D eigenvalue weighted by Crippen LogP contribution is -2.40. The normalized spacial score (nSPS) is 12.9. The predicted octanol–water partition coefficient (Wildman–Crippen LogP) is 0.728. The Balaban J connectivity index is 3.76. The fraction of sp³-hybridized carbons (Fsp3) is 0.778. The van der Waals surface area contributed by atoms with Gasteiger partial charge in [0.2, 0.25) is 0 Å². The lowest BCUT2D eigenvalue weighted by molar-refractivity contribution is -0.213. The third-order valence-corrected chi connectivity index (χ3v) is 1.97. The van der Waals surface area contributed by atoms with E-state index in [0.29, 0.717) is 0 Å². The second kappa shape index (κ2) is 7.75. The van der Waals surface area contributed by atoms with E-state index in [1.807, 2.05) is 0 Å². The Morgan fingerprint density at radius 1 is 1.28 bits per heavy atom. The quantitative estimate of drug-likeness (QED) is 0.637. The predicted molar refractivity (Wildman–Crippen MR) is 55.1 cm³/mol. The van der Waals surface area contributed by atoms with Crippen molar-refractivity contribution in [3.8, 4) is 0 Å². The average Bonchev–Trinajstić information content (AvgIpc) is 2.22. The number of carboxylic acid groups (broad SMARTS) is 1. The number of hydrogen-bond acceptors (Lipinski definition) is 3. The molecule has 0 aromatic carbocycles. The van der Waals surface area contributed by atoms with Crippen LogP contribution in [0.1, 0.15) is 12.8 Å². The summed E-state index contributed by atoms with van der Waals surface area (Å²) >= 11 is 0. The number of nitrogens with one attached hydrogen (secondary N) is 2. The minimum atomic E-state index is -4.48. The van der Waals surface area contributed by atoms with Gasteiger partial charge in [-0.1, -0.05) is 0 Å². The van der Waals surface area contributed by atoms with Crippen molar-refractivity contribution in [2.75, 3.05) is 20.2 Å². The number of rotatable bonds is 7. The first kappa shape index (κ1) is 16.5. The smallest absolute Gasteiger partial charge is 0.414 e. The molecule has 0 aliphatic carbocycles. The molecule has 18 heavy (non-hydrogen) atoms. The number of amides is 2. The van der Waals surface area contributed by atoms with Gasteiger partial charge in [-0.3, -0.25) is 4.79 Å². The SMILES string of the molecule is COC(CCNC(=O)NCCC(=O)O)C(F)(F)F.